The van der Waals surface area contributed by atoms with Crippen LogP contribution in [-0.2, 0) is 9.84 Å². The Balaban J connectivity index is 2.68. The minimum atomic E-state index is -3.04. The molecular weight excluding hydrogens is 361 g/mol. The summed E-state index contributed by atoms with van der Waals surface area (Å²) in [7, 11) is -3.04. The predicted molar refractivity (Wildman–Crippen MR) is 95.1 cm³/mol. The lowest BCUT2D eigenvalue weighted by Crippen LogP contribution is -2.39. The summed E-state index contributed by atoms with van der Waals surface area (Å²) in [5, 5.41) is 16.9. The van der Waals surface area contributed by atoms with Crippen molar-refractivity contribution < 1.29 is 13.5 Å². The van der Waals surface area contributed by atoms with Crippen LogP contribution in [0.5, 0.6) is 0 Å². The van der Waals surface area contributed by atoms with Crippen LogP contribution >= 0.6 is 23.2 Å². The molecule has 1 rings (SSSR count). The molecule has 0 saturated carbocycles. The smallest absolute Gasteiger partial charge is 0.191 e. The zero-order valence-corrected chi connectivity index (χ0v) is 15.3. The van der Waals surface area contributed by atoms with E-state index in [4.69, 9.17) is 23.2 Å². The number of aliphatic hydroxyl groups is 1. The average molecular weight is 382 g/mol. The molecule has 0 amide bonds. The van der Waals surface area contributed by atoms with Gasteiger partial charge in [-0.05, 0) is 30.7 Å². The van der Waals surface area contributed by atoms with E-state index >= 15 is 0 Å². The normalized spacial score (nSPS) is 13.7. The second-order valence-corrected chi connectivity index (χ2v) is 8.13. The van der Waals surface area contributed by atoms with Crippen LogP contribution in [0.3, 0.4) is 0 Å². The highest BCUT2D eigenvalue weighted by atomic mass is 35.5. The second kappa shape index (κ2) is 9.32. The maximum absolute atomic E-state index is 11.1. The van der Waals surface area contributed by atoms with Gasteiger partial charge in [0.05, 0.1) is 18.4 Å². The molecule has 9 heteroatoms. The van der Waals surface area contributed by atoms with E-state index in [1.807, 2.05) is 6.92 Å². The first-order valence-electron chi connectivity index (χ1n) is 7.05. The van der Waals surface area contributed by atoms with Gasteiger partial charge in [-0.2, -0.15) is 0 Å². The standard InChI is InChI=1S/C14H21Cl2N3O3S/c1-3-17-14(18-4-5-23(2,21)22)19-9-13(20)10-6-11(15)8-12(16)7-10/h6-8,13,20H,3-5,9H2,1-2H3,(H2,17,18,19). The van der Waals surface area contributed by atoms with Crippen LogP contribution in [0.1, 0.15) is 18.6 Å². The summed E-state index contributed by atoms with van der Waals surface area (Å²) in [6.07, 6.45) is 0.308. The third kappa shape index (κ3) is 8.41. The van der Waals surface area contributed by atoms with Crippen molar-refractivity contribution in [3.05, 3.63) is 33.8 Å². The van der Waals surface area contributed by atoms with Crippen molar-refractivity contribution >= 4 is 39.0 Å². The number of guanidine groups is 1. The molecule has 23 heavy (non-hydrogen) atoms. The van der Waals surface area contributed by atoms with Gasteiger partial charge in [0.2, 0.25) is 0 Å². The van der Waals surface area contributed by atoms with Crippen LogP contribution < -0.4 is 10.6 Å². The molecule has 0 spiro atoms. The summed E-state index contributed by atoms with van der Waals surface area (Å²) in [5.41, 5.74) is 0.568. The molecule has 0 fully saturated rings. The number of nitrogens with one attached hydrogen (secondary N) is 2. The van der Waals surface area contributed by atoms with Crippen molar-refractivity contribution in [3.63, 3.8) is 0 Å². The van der Waals surface area contributed by atoms with Gasteiger partial charge in [0, 0.05) is 29.4 Å². The number of aliphatic imine (C=N–C) groups is 1. The first kappa shape index (κ1) is 20.0. The van der Waals surface area contributed by atoms with Gasteiger partial charge in [-0.25, -0.2) is 8.42 Å². The largest absolute Gasteiger partial charge is 0.386 e. The summed E-state index contributed by atoms with van der Waals surface area (Å²) >= 11 is 11.8. The Morgan fingerprint density at radius 2 is 1.87 bits per heavy atom. The Morgan fingerprint density at radius 3 is 2.39 bits per heavy atom. The maximum Gasteiger partial charge on any atom is 0.191 e. The molecule has 1 atom stereocenters. The number of hydrogen-bond acceptors (Lipinski definition) is 4. The van der Waals surface area contributed by atoms with Crippen molar-refractivity contribution in [3.8, 4) is 0 Å². The lowest BCUT2D eigenvalue weighted by molar-refractivity contribution is 0.187. The van der Waals surface area contributed by atoms with Gasteiger partial charge in [0.15, 0.2) is 5.96 Å². The Labute approximate surface area is 146 Å². The Kier molecular flexibility index (Phi) is 8.11. The van der Waals surface area contributed by atoms with Crippen molar-refractivity contribution in [1.29, 1.82) is 0 Å². The van der Waals surface area contributed by atoms with E-state index in [1.165, 1.54) is 6.26 Å². The molecule has 0 saturated heterocycles. The lowest BCUT2D eigenvalue weighted by Gasteiger charge is -2.13. The van der Waals surface area contributed by atoms with Crippen LogP contribution in [0.4, 0.5) is 0 Å². The third-order valence-electron chi connectivity index (χ3n) is 2.80. The first-order valence-corrected chi connectivity index (χ1v) is 9.87. The molecule has 3 N–H and O–H groups in total. The Hall–Kier alpha value is -1.02. The SMILES string of the molecule is CCNC(=NCC(O)c1cc(Cl)cc(Cl)c1)NCCS(C)(=O)=O. The maximum atomic E-state index is 11.1. The molecule has 0 aliphatic heterocycles. The van der Waals surface area contributed by atoms with Gasteiger partial charge < -0.3 is 15.7 Å². The second-order valence-electron chi connectivity index (χ2n) is 4.99. The van der Waals surface area contributed by atoms with Crippen LogP contribution in [0.2, 0.25) is 10.0 Å². The van der Waals surface area contributed by atoms with Crippen LogP contribution in [-0.4, -0.2) is 51.1 Å². The summed E-state index contributed by atoms with van der Waals surface area (Å²) < 4.78 is 22.2. The quantitative estimate of drug-likeness (QED) is 0.493. The minimum absolute atomic E-state index is 0.00384. The summed E-state index contributed by atoms with van der Waals surface area (Å²) in [6.45, 7) is 2.83. The van der Waals surface area contributed by atoms with Gasteiger partial charge in [-0.15, -0.1) is 0 Å². The zero-order chi connectivity index (χ0) is 17.5. The fourth-order valence-corrected chi connectivity index (χ4v) is 2.76. The van der Waals surface area contributed by atoms with Crippen molar-refractivity contribution in [1.82, 2.24) is 10.6 Å². The van der Waals surface area contributed by atoms with Crippen molar-refractivity contribution in [2.45, 2.75) is 13.0 Å². The van der Waals surface area contributed by atoms with E-state index in [0.717, 1.165) is 0 Å². The number of benzene rings is 1. The van der Waals surface area contributed by atoms with Gasteiger partial charge in [-0.1, -0.05) is 23.2 Å². The van der Waals surface area contributed by atoms with Gasteiger partial charge in [0.25, 0.3) is 0 Å². The fourth-order valence-electron chi connectivity index (χ4n) is 1.75. The van der Waals surface area contributed by atoms with E-state index in [0.29, 0.717) is 28.1 Å². The highest BCUT2D eigenvalue weighted by molar-refractivity contribution is 7.90. The van der Waals surface area contributed by atoms with E-state index in [-0.39, 0.29) is 18.8 Å². The molecular formula is C14H21Cl2N3O3S. The van der Waals surface area contributed by atoms with E-state index in [9.17, 15) is 13.5 Å². The van der Waals surface area contributed by atoms with Crippen LogP contribution in [0.15, 0.2) is 23.2 Å². The molecule has 1 aromatic rings. The summed E-state index contributed by atoms with van der Waals surface area (Å²) in [4.78, 5) is 4.23. The molecule has 0 aliphatic carbocycles. The lowest BCUT2D eigenvalue weighted by atomic mass is 10.1. The van der Waals surface area contributed by atoms with Crippen molar-refractivity contribution in [2.75, 3.05) is 31.6 Å². The van der Waals surface area contributed by atoms with E-state index in [2.05, 4.69) is 15.6 Å². The van der Waals surface area contributed by atoms with E-state index < -0.39 is 15.9 Å². The zero-order valence-electron chi connectivity index (χ0n) is 13.0. The molecule has 6 nitrogen and oxygen atoms in total. The van der Waals surface area contributed by atoms with Crippen LogP contribution in [0.25, 0.3) is 0 Å². The number of aliphatic hydroxyl groups excluding tert-OH is 1. The monoisotopic (exact) mass is 381 g/mol. The number of rotatable bonds is 7. The fraction of sp³-hybridized carbons (Fsp3) is 0.500. The molecule has 0 aromatic heterocycles. The predicted octanol–water partition coefficient (Wildman–Crippen LogP) is 1.63. The number of hydrogen-bond donors (Lipinski definition) is 3. The molecule has 0 bridgehead atoms. The number of halogens is 2. The Morgan fingerprint density at radius 1 is 1.26 bits per heavy atom. The molecule has 0 heterocycles. The van der Waals surface area contributed by atoms with Gasteiger partial charge >= 0.3 is 0 Å². The average Bonchev–Trinajstić information content (AvgIpc) is 2.42. The topological polar surface area (TPSA) is 90.8 Å². The summed E-state index contributed by atoms with van der Waals surface area (Å²) in [5.74, 6) is 0.437. The Bertz CT molecular complexity index is 630. The number of sulfone groups is 1. The van der Waals surface area contributed by atoms with Gasteiger partial charge in [-0.3, -0.25) is 4.99 Å². The molecule has 130 valence electrons. The van der Waals surface area contributed by atoms with E-state index in [1.54, 1.807) is 18.2 Å². The molecule has 1 unspecified atom stereocenters. The minimum Gasteiger partial charge on any atom is -0.386 e. The van der Waals surface area contributed by atoms with Gasteiger partial charge in [0.1, 0.15) is 9.84 Å². The van der Waals surface area contributed by atoms with Crippen molar-refractivity contribution in [2.24, 2.45) is 4.99 Å². The highest BCUT2D eigenvalue weighted by Gasteiger charge is 2.10. The first-order chi connectivity index (χ1) is 10.7. The molecule has 0 radical (unpaired) electrons. The summed E-state index contributed by atoms with van der Waals surface area (Å²) in [6, 6.07) is 4.83. The highest BCUT2D eigenvalue weighted by Crippen LogP contribution is 2.23. The molecule has 0 aliphatic rings. The number of nitrogens with zero attached hydrogens (tertiary/aromatic N) is 1. The van der Waals surface area contributed by atoms with Crippen LogP contribution in [0, 0.1) is 0 Å². The molecule has 1 aromatic carbocycles. The third-order valence-corrected chi connectivity index (χ3v) is 4.18.